The van der Waals surface area contributed by atoms with Crippen molar-refractivity contribution in [2.75, 3.05) is 5.32 Å². The fourth-order valence-electron chi connectivity index (χ4n) is 2.04. The highest BCUT2D eigenvalue weighted by atomic mass is 32.1. The molecule has 0 saturated carbocycles. The Hall–Kier alpha value is -1.39. The average molecular weight is 290 g/mol. The van der Waals surface area contributed by atoms with Gasteiger partial charge in [0.2, 0.25) is 0 Å². The van der Waals surface area contributed by atoms with Gasteiger partial charge in [-0.1, -0.05) is 24.4 Å². The lowest BCUT2D eigenvalue weighted by Gasteiger charge is -2.19. The molecule has 2 rings (SSSR count). The van der Waals surface area contributed by atoms with Crippen LogP contribution in [-0.2, 0) is 0 Å². The molecule has 1 aromatic heterocycles. The molecule has 2 nitrogen and oxygen atoms in total. The third-order valence-electron chi connectivity index (χ3n) is 3.09. The van der Waals surface area contributed by atoms with E-state index >= 15 is 0 Å². The van der Waals surface area contributed by atoms with E-state index in [0.717, 1.165) is 16.8 Å². The standard InChI is InChI=1S/C15H18N2S2/c1-9-5-4-6-12(15(16)18)14(9)17-11(3)13-8-7-10(2)19-13/h4-8,11,17H,1-3H3,(H2,16,18). The summed E-state index contributed by atoms with van der Waals surface area (Å²) in [6.07, 6.45) is 0. The first-order chi connectivity index (χ1) is 8.99. The van der Waals surface area contributed by atoms with Crippen LogP contribution in [0.5, 0.6) is 0 Å². The van der Waals surface area contributed by atoms with Crippen molar-refractivity contribution in [3.63, 3.8) is 0 Å². The van der Waals surface area contributed by atoms with Crippen LogP contribution >= 0.6 is 23.6 Å². The van der Waals surface area contributed by atoms with Crippen molar-refractivity contribution in [1.29, 1.82) is 0 Å². The molecule has 0 aliphatic heterocycles. The Morgan fingerprint density at radius 3 is 2.58 bits per heavy atom. The molecular formula is C15H18N2S2. The van der Waals surface area contributed by atoms with Gasteiger partial charge >= 0.3 is 0 Å². The second kappa shape index (κ2) is 5.72. The first-order valence-electron chi connectivity index (χ1n) is 6.21. The quantitative estimate of drug-likeness (QED) is 0.830. The predicted octanol–water partition coefficient (Wildman–Crippen LogP) is 4.17. The lowest BCUT2D eigenvalue weighted by Crippen LogP contribution is -2.15. The molecule has 0 spiro atoms. The van der Waals surface area contributed by atoms with Gasteiger partial charge in [-0.05, 0) is 44.5 Å². The van der Waals surface area contributed by atoms with Crippen LogP contribution in [0, 0.1) is 13.8 Å². The van der Waals surface area contributed by atoms with Crippen molar-refractivity contribution < 1.29 is 0 Å². The molecule has 1 aromatic carbocycles. The molecule has 0 fully saturated rings. The Kier molecular flexibility index (Phi) is 4.22. The predicted molar refractivity (Wildman–Crippen MR) is 88.2 cm³/mol. The topological polar surface area (TPSA) is 38.0 Å². The van der Waals surface area contributed by atoms with E-state index in [1.165, 1.54) is 9.75 Å². The molecule has 1 heterocycles. The zero-order valence-corrected chi connectivity index (χ0v) is 13.0. The number of nitrogens with one attached hydrogen (secondary N) is 1. The Balaban J connectivity index is 2.30. The number of para-hydroxylation sites is 1. The summed E-state index contributed by atoms with van der Waals surface area (Å²) in [6, 6.07) is 10.6. The summed E-state index contributed by atoms with van der Waals surface area (Å²) in [6.45, 7) is 6.34. The highest BCUT2D eigenvalue weighted by Gasteiger charge is 2.13. The van der Waals surface area contributed by atoms with Crippen molar-refractivity contribution in [2.24, 2.45) is 5.73 Å². The lowest BCUT2D eigenvalue weighted by atomic mass is 10.1. The zero-order valence-electron chi connectivity index (χ0n) is 11.4. The van der Waals surface area contributed by atoms with Crippen LogP contribution in [-0.4, -0.2) is 4.99 Å². The van der Waals surface area contributed by atoms with Gasteiger partial charge in [-0.25, -0.2) is 0 Å². The highest BCUT2D eigenvalue weighted by molar-refractivity contribution is 7.80. The molecule has 100 valence electrons. The first-order valence-corrected chi connectivity index (χ1v) is 7.44. The number of thiocarbonyl (C=S) groups is 1. The maximum atomic E-state index is 5.80. The summed E-state index contributed by atoms with van der Waals surface area (Å²) >= 11 is 6.93. The molecule has 0 saturated heterocycles. The van der Waals surface area contributed by atoms with E-state index in [1.807, 2.05) is 23.5 Å². The van der Waals surface area contributed by atoms with Crippen LogP contribution in [0.2, 0.25) is 0 Å². The van der Waals surface area contributed by atoms with E-state index in [9.17, 15) is 0 Å². The maximum Gasteiger partial charge on any atom is 0.106 e. The second-order valence-corrected chi connectivity index (χ2v) is 6.44. The van der Waals surface area contributed by atoms with Crippen LogP contribution < -0.4 is 11.1 Å². The zero-order chi connectivity index (χ0) is 14.0. The molecule has 0 bridgehead atoms. The van der Waals surface area contributed by atoms with Gasteiger partial charge in [0.25, 0.3) is 0 Å². The number of hydrogen-bond acceptors (Lipinski definition) is 3. The van der Waals surface area contributed by atoms with Gasteiger partial charge in [-0.15, -0.1) is 11.3 Å². The molecule has 0 aliphatic carbocycles. The molecular weight excluding hydrogens is 272 g/mol. The van der Waals surface area contributed by atoms with Crippen molar-refractivity contribution >= 4 is 34.2 Å². The molecule has 0 aliphatic rings. The van der Waals surface area contributed by atoms with Crippen molar-refractivity contribution in [3.05, 3.63) is 51.2 Å². The van der Waals surface area contributed by atoms with E-state index < -0.39 is 0 Å². The molecule has 0 radical (unpaired) electrons. The van der Waals surface area contributed by atoms with Gasteiger partial charge in [0.05, 0.1) is 6.04 Å². The largest absolute Gasteiger partial charge is 0.389 e. The number of hydrogen-bond donors (Lipinski definition) is 2. The van der Waals surface area contributed by atoms with Crippen LogP contribution in [0.15, 0.2) is 30.3 Å². The molecule has 2 aromatic rings. The molecule has 3 N–H and O–H groups in total. The van der Waals surface area contributed by atoms with Gasteiger partial charge in [-0.2, -0.15) is 0 Å². The Morgan fingerprint density at radius 1 is 1.26 bits per heavy atom. The third-order valence-corrected chi connectivity index (χ3v) is 4.49. The summed E-state index contributed by atoms with van der Waals surface area (Å²) in [4.78, 5) is 3.07. The first kappa shape index (κ1) is 14.0. The van der Waals surface area contributed by atoms with Gasteiger partial charge in [-0.3, -0.25) is 0 Å². The SMILES string of the molecule is Cc1ccc(C(C)Nc2c(C)cccc2C(N)=S)s1. The van der Waals surface area contributed by atoms with Crippen molar-refractivity contribution in [2.45, 2.75) is 26.8 Å². The Labute approximate surface area is 123 Å². The highest BCUT2D eigenvalue weighted by Crippen LogP contribution is 2.29. The molecule has 4 heteroatoms. The normalized spacial score (nSPS) is 12.2. The van der Waals surface area contributed by atoms with Crippen LogP contribution in [0.1, 0.15) is 33.8 Å². The van der Waals surface area contributed by atoms with Gasteiger partial charge in [0.15, 0.2) is 0 Å². The molecule has 0 amide bonds. The maximum absolute atomic E-state index is 5.80. The van der Waals surface area contributed by atoms with Gasteiger partial charge < -0.3 is 11.1 Å². The van der Waals surface area contributed by atoms with E-state index in [1.54, 1.807) is 0 Å². The summed E-state index contributed by atoms with van der Waals surface area (Å²) in [5.41, 5.74) is 8.90. The van der Waals surface area contributed by atoms with Crippen molar-refractivity contribution in [1.82, 2.24) is 0 Å². The summed E-state index contributed by atoms with van der Waals surface area (Å²) in [5.74, 6) is 0. The van der Waals surface area contributed by atoms with Crippen LogP contribution in [0.25, 0.3) is 0 Å². The number of anilines is 1. The van der Waals surface area contributed by atoms with Gasteiger partial charge in [0, 0.05) is 21.0 Å². The third kappa shape index (κ3) is 3.14. The monoisotopic (exact) mass is 290 g/mol. The van der Waals surface area contributed by atoms with Crippen LogP contribution in [0.4, 0.5) is 5.69 Å². The summed E-state index contributed by atoms with van der Waals surface area (Å²) < 4.78 is 0. The van der Waals surface area contributed by atoms with E-state index in [-0.39, 0.29) is 6.04 Å². The molecule has 1 atom stereocenters. The number of rotatable bonds is 4. The molecule has 1 unspecified atom stereocenters. The number of nitrogens with two attached hydrogens (primary N) is 1. The lowest BCUT2D eigenvalue weighted by molar-refractivity contribution is 0.905. The Morgan fingerprint density at radius 2 is 2.00 bits per heavy atom. The minimum Gasteiger partial charge on any atom is -0.389 e. The minimum absolute atomic E-state index is 0.243. The summed E-state index contributed by atoms with van der Waals surface area (Å²) in [7, 11) is 0. The number of aryl methyl sites for hydroxylation is 2. The Bertz CT molecular complexity index is 602. The smallest absolute Gasteiger partial charge is 0.106 e. The fraction of sp³-hybridized carbons (Fsp3) is 0.267. The fourth-order valence-corrected chi connectivity index (χ4v) is 3.09. The van der Waals surface area contributed by atoms with E-state index in [0.29, 0.717) is 4.99 Å². The minimum atomic E-state index is 0.243. The van der Waals surface area contributed by atoms with E-state index in [4.69, 9.17) is 18.0 Å². The summed E-state index contributed by atoms with van der Waals surface area (Å²) in [5, 5.41) is 3.53. The van der Waals surface area contributed by atoms with Gasteiger partial charge in [0.1, 0.15) is 4.99 Å². The van der Waals surface area contributed by atoms with Crippen molar-refractivity contribution in [3.8, 4) is 0 Å². The van der Waals surface area contributed by atoms with Crippen LogP contribution in [0.3, 0.4) is 0 Å². The molecule has 19 heavy (non-hydrogen) atoms. The second-order valence-electron chi connectivity index (χ2n) is 4.68. The average Bonchev–Trinajstić information content (AvgIpc) is 2.78. The van der Waals surface area contributed by atoms with E-state index in [2.05, 4.69) is 44.3 Å². The number of thiophene rings is 1. The number of benzene rings is 1.